The molecule has 7 heteroatoms. The van der Waals surface area contributed by atoms with Crippen LogP contribution in [0.25, 0.3) is 0 Å². The van der Waals surface area contributed by atoms with Gasteiger partial charge in [-0.3, -0.25) is 9.59 Å². The van der Waals surface area contributed by atoms with Crippen LogP contribution in [0.4, 0.5) is 5.82 Å². The molecule has 1 aromatic heterocycles. The van der Waals surface area contributed by atoms with E-state index in [1.54, 1.807) is 6.20 Å². The van der Waals surface area contributed by atoms with Crippen LogP contribution in [0.2, 0.25) is 0 Å². The van der Waals surface area contributed by atoms with Gasteiger partial charge in [0.15, 0.2) is 5.82 Å². The van der Waals surface area contributed by atoms with Crippen molar-refractivity contribution in [3.63, 3.8) is 0 Å². The zero-order valence-corrected chi connectivity index (χ0v) is 11.4. The molecule has 0 amide bonds. The third-order valence-electron chi connectivity index (χ3n) is 2.60. The molecule has 0 fully saturated rings. The fraction of sp³-hybridized carbons (Fsp3) is 0.583. The van der Waals surface area contributed by atoms with E-state index in [1.807, 2.05) is 13.8 Å². The Morgan fingerprint density at radius 3 is 2.79 bits per heavy atom. The summed E-state index contributed by atoms with van der Waals surface area (Å²) in [5.41, 5.74) is -0.296. The number of aromatic nitrogens is 2. The first-order chi connectivity index (χ1) is 8.97. The first kappa shape index (κ1) is 15.2. The Morgan fingerprint density at radius 2 is 2.26 bits per heavy atom. The van der Waals surface area contributed by atoms with Gasteiger partial charge in [-0.2, -0.15) is 0 Å². The van der Waals surface area contributed by atoms with Crippen LogP contribution in [0, 0.1) is 0 Å². The van der Waals surface area contributed by atoms with Gasteiger partial charge in [-0.1, -0.05) is 0 Å². The maximum atomic E-state index is 12.2. The number of hydrogen-bond donors (Lipinski definition) is 1. The van der Waals surface area contributed by atoms with Gasteiger partial charge in [0, 0.05) is 32.1 Å². The summed E-state index contributed by atoms with van der Waals surface area (Å²) >= 11 is 0. The lowest BCUT2D eigenvalue weighted by Gasteiger charge is -2.21. The van der Waals surface area contributed by atoms with E-state index in [1.165, 1.54) is 22.8 Å². The van der Waals surface area contributed by atoms with Crippen molar-refractivity contribution in [3.05, 3.63) is 22.7 Å². The molecule has 0 saturated heterocycles. The van der Waals surface area contributed by atoms with Crippen molar-refractivity contribution < 1.29 is 14.6 Å². The molecule has 0 unspecified atom stereocenters. The van der Waals surface area contributed by atoms with E-state index in [-0.39, 0.29) is 24.0 Å². The normalized spacial score (nSPS) is 10.7. The van der Waals surface area contributed by atoms with Crippen LogP contribution in [0.1, 0.15) is 19.9 Å². The first-order valence-corrected chi connectivity index (χ1v) is 6.00. The third kappa shape index (κ3) is 4.06. The molecule has 0 aliphatic rings. The molecular formula is C12H19N3O4. The van der Waals surface area contributed by atoms with E-state index in [0.29, 0.717) is 13.2 Å². The highest BCUT2D eigenvalue weighted by atomic mass is 16.5. The van der Waals surface area contributed by atoms with Gasteiger partial charge in [0.1, 0.15) is 6.54 Å². The lowest BCUT2D eigenvalue weighted by atomic mass is 10.3. The Labute approximate surface area is 111 Å². The summed E-state index contributed by atoms with van der Waals surface area (Å²) in [4.78, 5) is 28.5. The maximum absolute atomic E-state index is 12.2. The molecule has 0 aromatic carbocycles. The number of ether oxygens (including phenoxy) is 1. The molecule has 1 N–H and O–H groups in total. The zero-order chi connectivity index (χ0) is 14.4. The quantitative estimate of drug-likeness (QED) is 0.769. The predicted octanol–water partition coefficient (Wildman–Crippen LogP) is 0.362. The molecule has 1 heterocycles. The molecular weight excluding hydrogens is 250 g/mol. The van der Waals surface area contributed by atoms with Crippen molar-refractivity contribution in [2.75, 3.05) is 31.7 Å². The number of rotatable bonds is 7. The van der Waals surface area contributed by atoms with Gasteiger partial charge in [-0.15, -0.1) is 0 Å². The molecule has 0 spiro atoms. The largest absolute Gasteiger partial charge is 0.480 e. The highest BCUT2D eigenvalue weighted by Gasteiger charge is 2.17. The average molecular weight is 269 g/mol. The number of carboxylic acids is 1. The molecule has 0 bridgehead atoms. The molecule has 0 atom stereocenters. The van der Waals surface area contributed by atoms with Gasteiger partial charge in [-0.25, -0.2) is 4.98 Å². The summed E-state index contributed by atoms with van der Waals surface area (Å²) in [6.45, 7) is 4.09. The monoisotopic (exact) mass is 269 g/mol. The van der Waals surface area contributed by atoms with E-state index in [0.717, 1.165) is 0 Å². The van der Waals surface area contributed by atoms with Crippen LogP contribution in [-0.2, 0) is 9.53 Å². The summed E-state index contributed by atoms with van der Waals surface area (Å²) in [7, 11) is 1.52. The molecule has 106 valence electrons. The number of anilines is 1. The van der Waals surface area contributed by atoms with Crippen molar-refractivity contribution >= 4 is 11.8 Å². The number of nitrogens with zero attached hydrogens (tertiary/aromatic N) is 3. The van der Waals surface area contributed by atoms with Gasteiger partial charge in [-0.05, 0) is 13.8 Å². The van der Waals surface area contributed by atoms with Crippen molar-refractivity contribution in [2.24, 2.45) is 0 Å². The van der Waals surface area contributed by atoms with Crippen LogP contribution >= 0.6 is 0 Å². The lowest BCUT2D eigenvalue weighted by Crippen LogP contribution is -2.39. The summed E-state index contributed by atoms with van der Waals surface area (Å²) in [5.74, 6) is -0.882. The summed E-state index contributed by atoms with van der Waals surface area (Å²) in [6.07, 6.45) is 3.09. The smallest absolute Gasteiger partial charge is 0.323 e. The van der Waals surface area contributed by atoms with Crippen molar-refractivity contribution in [1.29, 1.82) is 0 Å². The molecule has 0 aliphatic heterocycles. The van der Waals surface area contributed by atoms with Crippen LogP contribution in [0.5, 0.6) is 0 Å². The number of carbonyl (C=O) groups is 1. The second-order valence-corrected chi connectivity index (χ2v) is 4.37. The van der Waals surface area contributed by atoms with Gasteiger partial charge >= 0.3 is 5.97 Å². The molecule has 0 saturated carbocycles. The highest BCUT2D eigenvalue weighted by molar-refractivity contribution is 5.73. The molecule has 0 radical (unpaired) electrons. The van der Waals surface area contributed by atoms with Gasteiger partial charge in [0.2, 0.25) is 0 Å². The Bertz CT molecular complexity index is 484. The molecule has 1 rings (SSSR count). The van der Waals surface area contributed by atoms with Gasteiger partial charge in [0.05, 0.1) is 6.61 Å². The van der Waals surface area contributed by atoms with E-state index in [4.69, 9.17) is 9.84 Å². The van der Waals surface area contributed by atoms with Crippen molar-refractivity contribution in [3.8, 4) is 0 Å². The maximum Gasteiger partial charge on any atom is 0.323 e. The number of aliphatic carboxylic acids is 1. The van der Waals surface area contributed by atoms with E-state index < -0.39 is 5.97 Å². The SMILES string of the molecule is COCCN(CC(=O)O)c1nccn(C(C)C)c1=O. The van der Waals surface area contributed by atoms with E-state index in [9.17, 15) is 9.59 Å². The number of methoxy groups -OCH3 is 1. The molecule has 19 heavy (non-hydrogen) atoms. The van der Waals surface area contributed by atoms with E-state index in [2.05, 4.69) is 4.98 Å². The van der Waals surface area contributed by atoms with E-state index >= 15 is 0 Å². The molecule has 7 nitrogen and oxygen atoms in total. The minimum absolute atomic E-state index is 0.0108. The fourth-order valence-electron chi connectivity index (χ4n) is 1.66. The average Bonchev–Trinajstić information content (AvgIpc) is 2.34. The van der Waals surface area contributed by atoms with Crippen molar-refractivity contribution in [2.45, 2.75) is 19.9 Å². The number of carboxylic acid groups (broad SMARTS) is 1. The van der Waals surface area contributed by atoms with Crippen LogP contribution in [-0.4, -0.2) is 47.4 Å². The van der Waals surface area contributed by atoms with Crippen LogP contribution < -0.4 is 10.5 Å². The molecule has 0 aliphatic carbocycles. The Balaban J connectivity index is 3.11. The minimum Gasteiger partial charge on any atom is -0.480 e. The van der Waals surface area contributed by atoms with Gasteiger partial charge in [0.25, 0.3) is 5.56 Å². The standard InChI is InChI=1S/C12H19N3O4/c1-9(2)15-5-4-13-11(12(15)18)14(6-7-19-3)8-10(16)17/h4-5,9H,6-8H2,1-3H3,(H,16,17). The number of hydrogen-bond acceptors (Lipinski definition) is 5. The van der Waals surface area contributed by atoms with Crippen LogP contribution in [0.3, 0.4) is 0 Å². The second kappa shape index (κ2) is 6.89. The summed E-state index contributed by atoms with van der Waals surface area (Å²) in [5, 5.41) is 8.89. The highest BCUT2D eigenvalue weighted by Crippen LogP contribution is 2.06. The summed E-state index contributed by atoms with van der Waals surface area (Å²) in [6, 6.07) is -0.0108. The second-order valence-electron chi connectivity index (χ2n) is 4.37. The third-order valence-corrected chi connectivity index (χ3v) is 2.60. The topological polar surface area (TPSA) is 84.7 Å². The summed E-state index contributed by atoms with van der Waals surface area (Å²) < 4.78 is 6.44. The van der Waals surface area contributed by atoms with Gasteiger partial charge < -0.3 is 19.3 Å². The lowest BCUT2D eigenvalue weighted by molar-refractivity contribution is -0.135. The zero-order valence-electron chi connectivity index (χ0n) is 11.4. The predicted molar refractivity (Wildman–Crippen MR) is 70.6 cm³/mol. The fourth-order valence-corrected chi connectivity index (χ4v) is 1.66. The van der Waals surface area contributed by atoms with Crippen LogP contribution in [0.15, 0.2) is 17.2 Å². The Morgan fingerprint density at radius 1 is 1.58 bits per heavy atom. The van der Waals surface area contributed by atoms with Crippen molar-refractivity contribution in [1.82, 2.24) is 9.55 Å². The molecule has 1 aromatic rings. The Hall–Kier alpha value is -1.89. The first-order valence-electron chi connectivity index (χ1n) is 6.00. The minimum atomic E-state index is -1.02. The Kier molecular flexibility index (Phi) is 5.50.